The molecular formula is C30H20N4Sc. The van der Waals surface area contributed by atoms with Crippen LogP contribution in [0.2, 0.25) is 0 Å². The number of nitrogens with zero attached hydrogens (tertiary/aromatic N) is 2. The maximum Gasteiger partial charge on any atom is 0.0659 e. The van der Waals surface area contributed by atoms with Gasteiger partial charge in [0, 0.05) is 53.5 Å². The van der Waals surface area contributed by atoms with Gasteiger partial charge in [-0.15, -0.1) is 0 Å². The molecule has 0 spiro atoms. The molecule has 0 amide bonds. The molecule has 2 N–H and O–H groups in total. The first-order chi connectivity index (χ1) is 16.8. The summed E-state index contributed by atoms with van der Waals surface area (Å²) in [6.45, 7) is 0. The molecule has 2 aromatic carbocycles. The normalized spacial score (nSPS) is 12.1. The molecule has 5 heteroatoms. The standard InChI is InChI=1S/C30H20N4.Sc/c1-2-6-27-19(4-1)5-3-7-28(27)29-17-26-16-24-11-10-22(32-24)14-20-8-9-21(31-20)15-23-12-13-25(33-23)18-30(29)34-26;/h1-18,32,34H;. The number of benzene rings is 2. The topological polar surface area (TPSA) is 57.4 Å². The Kier molecular flexibility index (Phi) is 5.42. The first kappa shape index (κ1) is 21.7. The average molecular weight is 481 g/mol. The molecule has 35 heavy (non-hydrogen) atoms. The molecule has 5 heterocycles. The number of H-pyrrole nitrogens is 2. The number of aromatic amines is 2. The molecule has 5 aromatic rings. The van der Waals surface area contributed by atoms with E-state index in [0.717, 1.165) is 50.4 Å². The van der Waals surface area contributed by atoms with Crippen molar-refractivity contribution in [3.63, 3.8) is 0 Å². The van der Waals surface area contributed by atoms with Crippen LogP contribution < -0.4 is 0 Å². The first-order valence-electron chi connectivity index (χ1n) is 11.3. The van der Waals surface area contributed by atoms with Crippen molar-refractivity contribution >= 4 is 57.1 Å². The summed E-state index contributed by atoms with van der Waals surface area (Å²) in [6, 6.07) is 29.7. The Morgan fingerprint density at radius 3 is 1.94 bits per heavy atom. The van der Waals surface area contributed by atoms with Gasteiger partial charge in [-0.05, 0) is 83.1 Å². The summed E-state index contributed by atoms with van der Waals surface area (Å²) in [5, 5.41) is 2.46. The summed E-state index contributed by atoms with van der Waals surface area (Å²) < 4.78 is 0. The SMILES string of the molecule is C1=Cc2cc3ccc(cc4cc(-c5cccc6ccccc56)c(cc5nc(cc1n2)C=C5)[nH]4)[nH]3.[Sc]. The van der Waals surface area contributed by atoms with Crippen LogP contribution in [0.15, 0.2) is 84.9 Å². The number of hydrogen-bond acceptors (Lipinski definition) is 2. The van der Waals surface area contributed by atoms with Gasteiger partial charge in [0.1, 0.15) is 0 Å². The number of rotatable bonds is 1. The molecule has 8 bridgehead atoms. The summed E-state index contributed by atoms with van der Waals surface area (Å²) in [5.74, 6) is 0. The molecule has 0 saturated heterocycles. The monoisotopic (exact) mass is 481 g/mol. The Morgan fingerprint density at radius 2 is 1.14 bits per heavy atom. The van der Waals surface area contributed by atoms with Crippen molar-refractivity contribution in [1.29, 1.82) is 0 Å². The number of aromatic nitrogens is 4. The minimum absolute atomic E-state index is 0. The quantitative estimate of drug-likeness (QED) is 0.256. The van der Waals surface area contributed by atoms with E-state index in [4.69, 9.17) is 9.97 Å². The van der Waals surface area contributed by atoms with Crippen LogP contribution >= 0.6 is 0 Å². The second-order valence-corrected chi connectivity index (χ2v) is 8.61. The van der Waals surface area contributed by atoms with E-state index in [1.54, 1.807) is 0 Å². The third kappa shape index (κ3) is 4.13. The Labute approximate surface area is 220 Å². The maximum absolute atomic E-state index is 4.82. The van der Waals surface area contributed by atoms with Gasteiger partial charge in [0.15, 0.2) is 0 Å². The summed E-state index contributed by atoms with van der Waals surface area (Å²) >= 11 is 0. The minimum atomic E-state index is 0. The Balaban J connectivity index is 0.00000229. The van der Waals surface area contributed by atoms with Crippen molar-refractivity contribution in [2.24, 2.45) is 0 Å². The van der Waals surface area contributed by atoms with Gasteiger partial charge in [-0.25, -0.2) is 9.97 Å². The molecule has 163 valence electrons. The summed E-state index contributed by atoms with van der Waals surface area (Å²) in [5.41, 5.74) is 10.1. The van der Waals surface area contributed by atoms with Gasteiger partial charge in [-0.2, -0.15) is 0 Å². The van der Waals surface area contributed by atoms with Crippen LogP contribution in [0.4, 0.5) is 0 Å². The van der Waals surface area contributed by atoms with Crippen LogP contribution in [0.5, 0.6) is 0 Å². The van der Waals surface area contributed by atoms with Gasteiger partial charge >= 0.3 is 0 Å². The largest absolute Gasteiger partial charge is 0.355 e. The minimum Gasteiger partial charge on any atom is -0.355 e. The Bertz CT molecular complexity index is 1820. The van der Waals surface area contributed by atoms with Gasteiger partial charge in [-0.3, -0.25) is 0 Å². The van der Waals surface area contributed by atoms with E-state index in [9.17, 15) is 0 Å². The molecule has 2 aliphatic rings. The zero-order valence-electron chi connectivity index (χ0n) is 18.9. The van der Waals surface area contributed by atoms with Crippen LogP contribution in [-0.4, -0.2) is 19.9 Å². The summed E-state index contributed by atoms with van der Waals surface area (Å²) in [7, 11) is 0. The maximum atomic E-state index is 4.82. The zero-order chi connectivity index (χ0) is 22.5. The van der Waals surface area contributed by atoms with Crippen molar-refractivity contribution in [2.75, 3.05) is 0 Å². The molecule has 2 aliphatic heterocycles. The van der Waals surface area contributed by atoms with E-state index in [1.807, 2.05) is 30.4 Å². The molecular weight excluding hydrogens is 461 g/mol. The van der Waals surface area contributed by atoms with Gasteiger partial charge in [0.25, 0.3) is 0 Å². The van der Waals surface area contributed by atoms with E-state index < -0.39 is 0 Å². The molecule has 0 atom stereocenters. The van der Waals surface area contributed by atoms with Crippen molar-refractivity contribution in [3.8, 4) is 11.1 Å². The second kappa shape index (κ2) is 8.75. The fraction of sp³-hybridized carbons (Fsp3) is 0. The number of nitrogens with one attached hydrogen (secondary N) is 2. The molecule has 0 saturated carbocycles. The average Bonchev–Trinajstić information content (AvgIpc) is 3.64. The molecule has 0 unspecified atom stereocenters. The van der Waals surface area contributed by atoms with Crippen LogP contribution in [0.1, 0.15) is 22.8 Å². The van der Waals surface area contributed by atoms with Gasteiger partial charge < -0.3 is 9.97 Å². The molecule has 3 aromatic heterocycles. The predicted molar refractivity (Wildman–Crippen MR) is 142 cm³/mol. The van der Waals surface area contributed by atoms with Crippen molar-refractivity contribution in [1.82, 2.24) is 19.9 Å². The fourth-order valence-corrected chi connectivity index (χ4v) is 4.70. The van der Waals surface area contributed by atoms with Crippen LogP contribution in [-0.2, 0) is 25.8 Å². The van der Waals surface area contributed by atoms with Crippen molar-refractivity contribution in [2.45, 2.75) is 0 Å². The van der Waals surface area contributed by atoms with Crippen molar-refractivity contribution < 1.29 is 25.8 Å². The van der Waals surface area contributed by atoms with Gasteiger partial charge in [0.05, 0.1) is 22.8 Å². The van der Waals surface area contributed by atoms with Crippen LogP contribution in [0.3, 0.4) is 0 Å². The van der Waals surface area contributed by atoms with E-state index >= 15 is 0 Å². The smallest absolute Gasteiger partial charge is 0.0659 e. The molecule has 7 rings (SSSR count). The van der Waals surface area contributed by atoms with E-state index in [-0.39, 0.29) is 25.8 Å². The fourth-order valence-electron chi connectivity index (χ4n) is 4.70. The third-order valence-electron chi connectivity index (χ3n) is 6.25. The number of fused-ring (bicyclic) bond motifs is 9. The zero-order valence-corrected chi connectivity index (χ0v) is 20.7. The summed E-state index contributed by atoms with van der Waals surface area (Å²) in [4.78, 5) is 16.6. The van der Waals surface area contributed by atoms with Gasteiger partial charge in [0.2, 0.25) is 0 Å². The molecule has 0 aliphatic carbocycles. The van der Waals surface area contributed by atoms with Crippen molar-refractivity contribution in [3.05, 3.63) is 108 Å². The third-order valence-corrected chi connectivity index (χ3v) is 6.25. The Hall–Kier alpha value is -3.83. The van der Waals surface area contributed by atoms with E-state index in [1.165, 1.54) is 16.3 Å². The van der Waals surface area contributed by atoms with E-state index in [2.05, 4.69) is 88.8 Å². The summed E-state index contributed by atoms with van der Waals surface area (Å²) in [6.07, 6.45) is 8.13. The van der Waals surface area contributed by atoms with E-state index in [0.29, 0.717) is 0 Å². The number of hydrogen-bond donors (Lipinski definition) is 2. The molecule has 0 fully saturated rings. The molecule has 4 nitrogen and oxygen atoms in total. The molecule has 1 radical (unpaired) electrons. The second-order valence-electron chi connectivity index (χ2n) is 8.61. The van der Waals surface area contributed by atoms with Crippen LogP contribution in [0, 0.1) is 0 Å². The predicted octanol–water partition coefficient (Wildman–Crippen LogP) is 7.47. The Morgan fingerprint density at radius 1 is 0.486 bits per heavy atom. The first-order valence-corrected chi connectivity index (χ1v) is 11.3. The van der Waals surface area contributed by atoms with Gasteiger partial charge in [-0.1, -0.05) is 42.5 Å². The van der Waals surface area contributed by atoms with Crippen LogP contribution in [0.25, 0.3) is 68.3 Å².